The van der Waals surface area contributed by atoms with Crippen molar-refractivity contribution in [3.8, 4) is 11.4 Å². The highest BCUT2D eigenvalue weighted by Gasteiger charge is 2.35. The van der Waals surface area contributed by atoms with Crippen molar-refractivity contribution in [1.29, 1.82) is 0 Å². The minimum Gasteiger partial charge on any atom is -0.384 e. The molecule has 3 rings (SSSR count). The molecule has 8 nitrogen and oxygen atoms in total. The number of nitrogens with two attached hydrogens (primary N) is 1. The van der Waals surface area contributed by atoms with Crippen molar-refractivity contribution in [1.82, 2.24) is 15.3 Å². The number of hydrogen-bond acceptors (Lipinski definition) is 6. The number of carbonyl (C=O) groups excluding carboxylic acids is 1. The third-order valence-corrected chi connectivity index (χ3v) is 5.99. The Kier molecular flexibility index (Phi) is 4.58. The van der Waals surface area contributed by atoms with Gasteiger partial charge in [-0.25, -0.2) is 23.2 Å². The van der Waals surface area contributed by atoms with E-state index in [1.54, 1.807) is 24.3 Å². The van der Waals surface area contributed by atoms with E-state index in [0.29, 0.717) is 22.8 Å². The first kappa shape index (κ1) is 17.2. The van der Waals surface area contributed by atoms with Crippen LogP contribution < -0.4 is 16.4 Å². The average Bonchev–Trinajstić information content (AvgIpc) is 3.40. The van der Waals surface area contributed by atoms with Crippen molar-refractivity contribution in [2.75, 3.05) is 18.1 Å². The summed E-state index contributed by atoms with van der Waals surface area (Å²) < 4.78 is 24.3. The average molecular weight is 361 g/mol. The summed E-state index contributed by atoms with van der Waals surface area (Å²) in [6.07, 6.45) is 1.44. The van der Waals surface area contributed by atoms with Gasteiger partial charge in [0.2, 0.25) is 0 Å². The molecule has 1 aromatic carbocycles. The third kappa shape index (κ3) is 4.24. The number of nitrogens with one attached hydrogen (secondary N) is 2. The highest BCUT2D eigenvalue weighted by molar-refractivity contribution is 7.91. The van der Waals surface area contributed by atoms with Crippen molar-refractivity contribution in [2.24, 2.45) is 0 Å². The predicted octanol–water partition coefficient (Wildman–Crippen LogP) is 1.55. The Bertz CT molecular complexity index is 892. The molecule has 1 aromatic heterocycles. The number of nitrogens with zero attached hydrogens (tertiary/aromatic N) is 2. The van der Waals surface area contributed by atoms with E-state index in [-0.39, 0.29) is 22.9 Å². The lowest BCUT2D eigenvalue weighted by Crippen LogP contribution is -2.24. The van der Waals surface area contributed by atoms with Crippen molar-refractivity contribution in [3.05, 3.63) is 36.0 Å². The van der Waals surface area contributed by atoms with Crippen molar-refractivity contribution < 1.29 is 13.2 Å². The van der Waals surface area contributed by atoms with Crippen LogP contribution in [0.25, 0.3) is 11.4 Å². The van der Waals surface area contributed by atoms with Crippen LogP contribution in [0, 0.1) is 0 Å². The van der Waals surface area contributed by atoms with Crippen molar-refractivity contribution in [2.45, 2.75) is 23.8 Å². The Morgan fingerprint density at radius 1 is 1.24 bits per heavy atom. The van der Waals surface area contributed by atoms with Crippen LogP contribution in [0.15, 0.2) is 30.3 Å². The molecular weight excluding hydrogens is 342 g/mol. The van der Waals surface area contributed by atoms with E-state index in [0.717, 1.165) is 12.8 Å². The lowest BCUT2D eigenvalue weighted by molar-refractivity contribution is 0.254. The van der Waals surface area contributed by atoms with Crippen molar-refractivity contribution in [3.63, 3.8) is 0 Å². The summed E-state index contributed by atoms with van der Waals surface area (Å²) in [7, 11) is -1.65. The van der Waals surface area contributed by atoms with Gasteiger partial charge >= 0.3 is 6.03 Å². The zero-order valence-electron chi connectivity index (χ0n) is 13.7. The number of rotatable bonds is 5. The predicted molar refractivity (Wildman–Crippen MR) is 95.6 cm³/mol. The standard InChI is InChI=1S/C16H19N5O3S/c1-18-16(22)20-11-4-2-10(3-5-11)15-19-12(8-14(17)21-15)9-25(23,24)13-6-7-13/h2-5,8,13H,6-7,9H2,1H3,(H2,17,19,21)(H2,18,20,22). The van der Waals surface area contributed by atoms with Crippen molar-refractivity contribution >= 4 is 27.4 Å². The number of nitrogen functional groups attached to an aromatic ring is 1. The molecule has 132 valence electrons. The summed E-state index contributed by atoms with van der Waals surface area (Å²) in [5, 5.41) is 4.86. The maximum Gasteiger partial charge on any atom is 0.318 e. The molecule has 1 saturated carbocycles. The SMILES string of the molecule is CNC(=O)Nc1ccc(-c2nc(N)cc(CS(=O)(=O)C3CC3)n2)cc1. The van der Waals surface area contributed by atoms with Crippen LogP contribution in [0.5, 0.6) is 0 Å². The van der Waals surface area contributed by atoms with Gasteiger partial charge in [0.25, 0.3) is 0 Å². The number of benzene rings is 1. The second-order valence-corrected chi connectivity index (χ2v) is 8.18. The molecule has 9 heteroatoms. The fraction of sp³-hybridized carbons (Fsp3) is 0.312. The largest absolute Gasteiger partial charge is 0.384 e. The van der Waals surface area contributed by atoms with E-state index < -0.39 is 9.84 Å². The molecule has 1 heterocycles. The van der Waals surface area contributed by atoms with Gasteiger partial charge in [-0.15, -0.1) is 0 Å². The Balaban J connectivity index is 1.83. The lowest BCUT2D eigenvalue weighted by Gasteiger charge is -2.08. The minimum atomic E-state index is -3.18. The molecule has 2 aromatic rings. The topological polar surface area (TPSA) is 127 Å². The van der Waals surface area contributed by atoms with Gasteiger partial charge in [0, 0.05) is 24.4 Å². The van der Waals surface area contributed by atoms with Crippen LogP contribution in [-0.2, 0) is 15.6 Å². The van der Waals surface area contributed by atoms with E-state index >= 15 is 0 Å². The minimum absolute atomic E-state index is 0.131. The number of amides is 2. The van der Waals surface area contributed by atoms with Gasteiger partial charge in [0.1, 0.15) is 5.82 Å². The summed E-state index contributed by atoms with van der Waals surface area (Å²) >= 11 is 0. The fourth-order valence-electron chi connectivity index (χ4n) is 2.37. The van der Waals surface area contributed by atoms with Gasteiger partial charge < -0.3 is 16.4 Å². The van der Waals surface area contributed by atoms with E-state index in [4.69, 9.17) is 5.73 Å². The van der Waals surface area contributed by atoms with E-state index in [2.05, 4.69) is 20.6 Å². The molecule has 0 aliphatic heterocycles. The molecule has 0 bridgehead atoms. The number of anilines is 2. The van der Waals surface area contributed by atoms with E-state index in [1.165, 1.54) is 13.1 Å². The van der Waals surface area contributed by atoms with Crippen LogP contribution in [0.3, 0.4) is 0 Å². The van der Waals surface area contributed by atoms with Gasteiger partial charge in [-0.1, -0.05) is 0 Å². The summed E-state index contributed by atoms with van der Waals surface area (Å²) in [5.41, 5.74) is 7.50. The Hall–Kier alpha value is -2.68. The molecule has 1 aliphatic rings. The Morgan fingerprint density at radius 3 is 2.52 bits per heavy atom. The smallest absolute Gasteiger partial charge is 0.318 e. The van der Waals surface area contributed by atoms with Gasteiger partial charge in [-0.3, -0.25) is 0 Å². The molecule has 25 heavy (non-hydrogen) atoms. The Labute approximate surface area is 145 Å². The van der Waals surface area contributed by atoms with Crippen LogP contribution in [-0.4, -0.2) is 36.7 Å². The molecule has 4 N–H and O–H groups in total. The molecule has 0 spiro atoms. The molecule has 0 atom stereocenters. The molecule has 2 amide bonds. The molecule has 0 unspecified atom stereocenters. The number of sulfone groups is 1. The summed E-state index contributed by atoms with van der Waals surface area (Å²) in [4.78, 5) is 19.8. The third-order valence-electron chi connectivity index (χ3n) is 3.81. The first-order valence-electron chi connectivity index (χ1n) is 7.81. The highest BCUT2D eigenvalue weighted by Crippen LogP contribution is 2.31. The van der Waals surface area contributed by atoms with Crippen LogP contribution >= 0.6 is 0 Å². The zero-order valence-corrected chi connectivity index (χ0v) is 14.5. The van der Waals surface area contributed by atoms with Crippen LogP contribution in [0.1, 0.15) is 18.5 Å². The monoisotopic (exact) mass is 361 g/mol. The first-order valence-corrected chi connectivity index (χ1v) is 9.53. The lowest BCUT2D eigenvalue weighted by atomic mass is 10.2. The quantitative estimate of drug-likeness (QED) is 0.741. The number of aromatic nitrogens is 2. The summed E-state index contributed by atoms with van der Waals surface area (Å²) in [6.45, 7) is 0. The maximum atomic E-state index is 12.1. The number of hydrogen-bond donors (Lipinski definition) is 3. The Morgan fingerprint density at radius 2 is 1.92 bits per heavy atom. The molecule has 0 saturated heterocycles. The zero-order chi connectivity index (χ0) is 18.0. The van der Waals surface area contributed by atoms with Crippen LogP contribution in [0.4, 0.5) is 16.3 Å². The van der Waals surface area contributed by atoms with Gasteiger partial charge in [0.15, 0.2) is 15.7 Å². The fourth-order valence-corrected chi connectivity index (χ4v) is 4.02. The van der Waals surface area contributed by atoms with Crippen LogP contribution in [0.2, 0.25) is 0 Å². The van der Waals surface area contributed by atoms with Gasteiger partial charge in [0.05, 0.1) is 16.7 Å². The van der Waals surface area contributed by atoms with Gasteiger partial charge in [-0.2, -0.15) is 0 Å². The summed E-state index contributed by atoms with van der Waals surface area (Å²) in [6, 6.07) is 8.05. The van der Waals surface area contributed by atoms with Gasteiger partial charge in [-0.05, 0) is 37.1 Å². The second-order valence-electron chi connectivity index (χ2n) is 5.90. The first-order chi connectivity index (χ1) is 11.9. The normalized spacial score (nSPS) is 14.1. The number of carbonyl (C=O) groups is 1. The number of urea groups is 1. The van der Waals surface area contributed by atoms with E-state index in [1.807, 2.05) is 0 Å². The highest BCUT2D eigenvalue weighted by atomic mass is 32.2. The molecular formula is C16H19N5O3S. The molecule has 1 fully saturated rings. The molecule has 0 radical (unpaired) electrons. The second kappa shape index (κ2) is 6.67. The maximum absolute atomic E-state index is 12.1. The van der Waals surface area contributed by atoms with E-state index in [9.17, 15) is 13.2 Å². The summed E-state index contributed by atoms with van der Waals surface area (Å²) in [5.74, 6) is 0.444. The molecule has 1 aliphatic carbocycles.